The van der Waals surface area contributed by atoms with Gasteiger partial charge < -0.3 is 0 Å². The van der Waals surface area contributed by atoms with E-state index in [1.54, 1.807) is 19.1 Å². The van der Waals surface area contributed by atoms with E-state index in [0.717, 1.165) is 5.56 Å². The van der Waals surface area contributed by atoms with Gasteiger partial charge in [-0.25, -0.2) is 4.39 Å². The molecule has 0 radical (unpaired) electrons. The quantitative estimate of drug-likeness (QED) is 0.752. The molecule has 2 aromatic rings. The van der Waals surface area contributed by atoms with Gasteiger partial charge in [0.25, 0.3) is 0 Å². The fraction of sp³-hybridized carbons (Fsp3) is 0.125. The minimum absolute atomic E-state index is 0.141. The molecule has 0 saturated carbocycles. The van der Waals surface area contributed by atoms with E-state index in [2.05, 4.69) is 0 Å². The molecule has 2 nitrogen and oxygen atoms in total. The molecule has 0 bridgehead atoms. The first-order valence-corrected chi connectivity index (χ1v) is 6.85. The van der Waals surface area contributed by atoms with Crippen LogP contribution in [0.3, 0.4) is 0 Å². The van der Waals surface area contributed by atoms with Gasteiger partial charge in [0.05, 0.1) is 11.6 Å². The third-order valence-corrected chi connectivity index (χ3v) is 3.73. The number of aryl methyl sites for hydroxylation is 1. The van der Waals surface area contributed by atoms with E-state index in [1.807, 2.05) is 6.07 Å². The Balaban J connectivity index is 2.55. The predicted molar refractivity (Wildman–Crippen MR) is 80.3 cm³/mol. The maximum absolute atomic E-state index is 13.8. The normalized spacial score (nSPS) is 11.8. The number of carbonyl (C=O) groups is 1. The fourth-order valence-electron chi connectivity index (χ4n) is 2.02. The SMILES string of the molecule is Cc1ccc(F)c(C(=O)C(C#N)c2c(Cl)cccc2Cl)c1. The number of hydrogen-bond acceptors (Lipinski definition) is 2. The van der Waals surface area contributed by atoms with E-state index >= 15 is 0 Å². The number of carbonyl (C=O) groups excluding carboxylic acids is 1. The Morgan fingerprint density at radius 3 is 2.43 bits per heavy atom. The molecule has 0 aliphatic rings. The highest BCUT2D eigenvalue weighted by Crippen LogP contribution is 2.33. The molecule has 1 unspecified atom stereocenters. The van der Waals surface area contributed by atoms with Crippen molar-refractivity contribution in [3.8, 4) is 6.07 Å². The van der Waals surface area contributed by atoms with Gasteiger partial charge in [-0.15, -0.1) is 0 Å². The van der Waals surface area contributed by atoms with Gasteiger partial charge in [-0.2, -0.15) is 5.26 Å². The number of nitrogens with zero attached hydrogens (tertiary/aromatic N) is 1. The molecule has 0 amide bonds. The van der Waals surface area contributed by atoms with Gasteiger partial charge in [0, 0.05) is 15.6 Å². The van der Waals surface area contributed by atoms with E-state index in [4.69, 9.17) is 23.2 Å². The monoisotopic (exact) mass is 321 g/mol. The third kappa shape index (κ3) is 3.07. The van der Waals surface area contributed by atoms with Crippen molar-refractivity contribution in [3.63, 3.8) is 0 Å². The Bertz CT molecular complexity index is 732. The van der Waals surface area contributed by atoms with Crippen molar-refractivity contribution in [3.05, 3.63) is 69.0 Å². The second-order valence-electron chi connectivity index (χ2n) is 4.54. The number of Topliss-reactive ketones (excluding diaryl/α,β-unsaturated/α-hetero) is 1. The summed E-state index contributed by atoms with van der Waals surface area (Å²) in [5.74, 6) is -2.58. The molecule has 0 fully saturated rings. The van der Waals surface area contributed by atoms with Crippen LogP contribution in [-0.2, 0) is 0 Å². The summed E-state index contributed by atoms with van der Waals surface area (Å²) in [5.41, 5.74) is 0.786. The van der Waals surface area contributed by atoms with Crippen molar-refractivity contribution in [2.45, 2.75) is 12.8 Å². The Hall–Kier alpha value is -1.89. The van der Waals surface area contributed by atoms with Crippen LogP contribution in [-0.4, -0.2) is 5.78 Å². The standard InChI is InChI=1S/C16H10Cl2FNO/c1-9-5-6-14(19)10(7-9)16(21)11(8-20)15-12(17)3-2-4-13(15)18/h2-7,11H,1H3. The summed E-state index contributed by atoms with van der Waals surface area (Å²) in [6.45, 7) is 1.74. The summed E-state index contributed by atoms with van der Waals surface area (Å²) in [4.78, 5) is 12.5. The van der Waals surface area contributed by atoms with Gasteiger partial charge in [0.15, 0.2) is 5.78 Å². The van der Waals surface area contributed by atoms with Gasteiger partial charge >= 0.3 is 0 Å². The molecule has 0 heterocycles. The van der Waals surface area contributed by atoms with Gasteiger partial charge in [0.2, 0.25) is 0 Å². The number of hydrogen-bond donors (Lipinski definition) is 0. The molecule has 0 spiro atoms. The first-order valence-electron chi connectivity index (χ1n) is 6.09. The minimum atomic E-state index is -1.25. The van der Waals surface area contributed by atoms with Crippen molar-refractivity contribution in [2.75, 3.05) is 0 Å². The van der Waals surface area contributed by atoms with Crippen molar-refractivity contribution in [1.29, 1.82) is 5.26 Å². The highest BCUT2D eigenvalue weighted by Gasteiger charge is 2.28. The summed E-state index contributed by atoms with van der Waals surface area (Å²) in [6.07, 6.45) is 0. The molecule has 21 heavy (non-hydrogen) atoms. The second kappa shape index (κ2) is 6.26. The first-order chi connectivity index (χ1) is 9.95. The molecule has 2 aromatic carbocycles. The van der Waals surface area contributed by atoms with Crippen LogP contribution in [0, 0.1) is 24.1 Å². The largest absolute Gasteiger partial charge is 0.292 e. The molecule has 1 atom stereocenters. The topological polar surface area (TPSA) is 40.9 Å². The van der Waals surface area contributed by atoms with E-state index in [1.165, 1.54) is 24.3 Å². The summed E-state index contributed by atoms with van der Waals surface area (Å²) in [6, 6.07) is 10.7. The average Bonchev–Trinajstić information content (AvgIpc) is 2.45. The summed E-state index contributed by atoms with van der Waals surface area (Å²) in [5, 5.41) is 9.72. The molecule has 0 N–H and O–H groups in total. The van der Waals surface area contributed by atoms with Crippen LogP contribution in [0.1, 0.15) is 27.4 Å². The zero-order valence-electron chi connectivity index (χ0n) is 11.0. The lowest BCUT2D eigenvalue weighted by Gasteiger charge is -2.13. The maximum atomic E-state index is 13.8. The Morgan fingerprint density at radius 1 is 1.24 bits per heavy atom. The molecule has 5 heteroatoms. The van der Waals surface area contributed by atoms with Crippen molar-refractivity contribution >= 4 is 29.0 Å². The highest BCUT2D eigenvalue weighted by molar-refractivity contribution is 6.36. The number of ketones is 1. The molecule has 0 aromatic heterocycles. The van der Waals surface area contributed by atoms with Gasteiger partial charge in [0.1, 0.15) is 11.7 Å². The number of benzene rings is 2. The fourth-order valence-corrected chi connectivity index (χ4v) is 2.64. The number of rotatable bonds is 3. The second-order valence-corrected chi connectivity index (χ2v) is 5.36. The van der Waals surface area contributed by atoms with Gasteiger partial charge in [-0.3, -0.25) is 4.79 Å². The molecule has 0 saturated heterocycles. The molecule has 2 rings (SSSR count). The Labute approximate surface area is 131 Å². The van der Waals surface area contributed by atoms with Crippen molar-refractivity contribution < 1.29 is 9.18 Å². The van der Waals surface area contributed by atoms with Crippen molar-refractivity contribution in [2.24, 2.45) is 0 Å². The molecule has 106 valence electrons. The predicted octanol–water partition coefficient (Wildman–Crippen LogP) is 4.93. The lowest BCUT2D eigenvalue weighted by Crippen LogP contribution is -2.14. The zero-order chi connectivity index (χ0) is 15.6. The maximum Gasteiger partial charge on any atom is 0.187 e. The minimum Gasteiger partial charge on any atom is -0.292 e. The molecule has 0 aliphatic heterocycles. The first kappa shape index (κ1) is 15.5. The summed E-state index contributed by atoms with van der Waals surface area (Å²) >= 11 is 12.0. The summed E-state index contributed by atoms with van der Waals surface area (Å²) < 4.78 is 13.8. The number of nitriles is 1. The molecular weight excluding hydrogens is 312 g/mol. The smallest absolute Gasteiger partial charge is 0.187 e. The zero-order valence-corrected chi connectivity index (χ0v) is 12.5. The Morgan fingerprint density at radius 2 is 1.86 bits per heavy atom. The van der Waals surface area contributed by atoms with Gasteiger partial charge in [-0.1, -0.05) is 40.9 Å². The Kier molecular flexibility index (Phi) is 4.62. The average molecular weight is 322 g/mol. The van der Waals surface area contributed by atoms with E-state index in [9.17, 15) is 14.4 Å². The van der Waals surface area contributed by atoms with Crippen LogP contribution in [0.25, 0.3) is 0 Å². The van der Waals surface area contributed by atoms with Crippen molar-refractivity contribution in [1.82, 2.24) is 0 Å². The van der Waals surface area contributed by atoms with Gasteiger partial charge in [-0.05, 0) is 31.2 Å². The third-order valence-electron chi connectivity index (χ3n) is 3.07. The number of halogens is 3. The van der Waals surface area contributed by atoms with Crippen LogP contribution < -0.4 is 0 Å². The highest BCUT2D eigenvalue weighted by atomic mass is 35.5. The van der Waals surface area contributed by atoms with E-state index in [-0.39, 0.29) is 21.2 Å². The molecular formula is C16H10Cl2FNO. The van der Waals surface area contributed by atoms with Crippen LogP contribution in [0.5, 0.6) is 0 Å². The van der Waals surface area contributed by atoms with Crippen LogP contribution in [0.2, 0.25) is 10.0 Å². The summed E-state index contributed by atoms with van der Waals surface area (Å²) in [7, 11) is 0. The van der Waals surface area contributed by atoms with E-state index in [0.29, 0.717) is 0 Å². The molecule has 0 aliphatic carbocycles. The van der Waals surface area contributed by atoms with Crippen LogP contribution in [0.15, 0.2) is 36.4 Å². The lowest BCUT2D eigenvalue weighted by atomic mass is 9.91. The van der Waals surface area contributed by atoms with Crippen LogP contribution >= 0.6 is 23.2 Å². The lowest BCUT2D eigenvalue weighted by molar-refractivity contribution is 0.0975. The van der Waals surface area contributed by atoms with E-state index < -0.39 is 17.5 Å². The van der Waals surface area contributed by atoms with Crippen LogP contribution in [0.4, 0.5) is 4.39 Å².